The monoisotopic (exact) mass is 390 g/mol. The highest BCUT2D eigenvalue weighted by molar-refractivity contribution is 5.92. The average Bonchev–Trinajstić information content (AvgIpc) is 2.93. The number of nitrogens with one attached hydrogen (secondary N) is 1. The number of anilines is 2. The van der Waals surface area contributed by atoms with E-state index in [9.17, 15) is 4.79 Å². The zero-order valence-corrected chi connectivity index (χ0v) is 17.6. The van der Waals surface area contributed by atoms with Gasteiger partial charge in [-0.25, -0.2) is 0 Å². The van der Waals surface area contributed by atoms with Gasteiger partial charge in [-0.05, 0) is 53.8 Å². The Balaban J connectivity index is 1.51. The van der Waals surface area contributed by atoms with Gasteiger partial charge >= 0.3 is 0 Å². The molecule has 1 fully saturated rings. The lowest BCUT2D eigenvalue weighted by Crippen LogP contribution is -2.36. The zero-order chi connectivity index (χ0) is 20.9. The van der Waals surface area contributed by atoms with Crippen LogP contribution in [0.25, 0.3) is 0 Å². The smallest absolute Gasteiger partial charge is 0.238 e. The highest BCUT2D eigenvalue weighted by atomic mass is 16.2. The second kappa shape index (κ2) is 9.11. The van der Waals surface area contributed by atoms with Crippen LogP contribution in [0.15, 0.2) is 48.5 Å². The summed E-state index contributed by atoms with van der Waals surface area (Å²) in [7, 11) is 0. The minimum Gasteiger partial charge on any atom is -0.370 e. The number of benzene rings is 2. The molecule has 2 aromatic carbocycles. The van der Waals surface area contributed by atoms with Crippen molar-refractivity contribution in [1.82, 2.24) is 4.90 Å². The number of amides is 1. The molecule has 0 unspecified atom stereocenters. The van der Waals surface area contributed by atoms with Crippen LogP contribution in [0, 0.1) is 11.3 Å². The molecule has 5 nitrogen and oxygen atoms in total. The van der Waals surface area contributed by atoms with E-state index < -0.39 is 0 Å². The van der Waals surface area contributed by atoms with Crippen molar-refractivity contribution in [2.45, 2.75) is 32.6 Å². The molecule has 0 aliphatic carbocycles. The molecule has 5 heteroatoms. The largest absolute Gasteiger partial charge is 0.370 e. The predicted molar refractivity (Wildman–Crippen MR) is 118 cm³/mol. The van der Waals surface area contributed by atoms with Crippen molar-refractivity contribution in [3.63, 3.8) is 0 Å². The Morgan fingerprint density at radius 2 is 1.69 bits per heavy atom. The zero-order valence-electron chi connectivity index (χ0n) is 17.6. The molecule has 152 valence electrons. The first-order valence-electron chi connectivity index (χ1n) is 10.2. The van der Waals surface area contributed by atoms with E-state index in [1.165, 1.54) is 5.56 Å². The average molecular weight is 391 g/mol. The van der Waals surface area contributed by atoms with E-state index in [1.807, 2.05) is 36.4 Å². The number of carbonyl (C=O) groups excluding carboxylic acids is 1. The molecule has 1 amide bonds. The van der Waals surface area contributed by atoms with Crippen LogP contribution in [0.3, 0.4) is 0 Å². The molecule has 0 spiro atoms. The lowest BCUT2D eigenvalue weighted by Gasteiger charge is -2.23. The van der Waals surface area contributed by atoms with Gasteiger partial charge in [0, 0.05) is 37.6 Å². The molecule has 0 bridgehead atoms. The Kier molecular flexibility index (Phi) is 6.56. The summed E-state index contributed by atoms with van der Waals surface area (Å²) in [6.45, 7) is 10.5. The fraction of sp³-hybridized carbons (Fsp3) is 0.417. The molecule has 1 saturated heterocycles. The maximum atomic E-state index is 12.5. The van der Waals surface area contributed by atoms with E-state index in [0.717, 1.165) is 44.0 Å². The van der Waals surface area contributed by atoms with E-state index in [-0.39, 0.29) is 11.3 Å². The fourth-order valence-electron chi connectivity index (χ4n) is 3.59. The normalized spacial score (nSPS) is 15.4. The van der Waals surface area contributed by atoms with Crippen molar-refractivity contribution < 1.29 is 4.79 Å². The van der Waals surface area contributed by atoms with Crippen LogP contribution in [0.5, 0.6) is 0 Å². The maximum Gasteiger partial charge on any atom is 0.238 e. The summed E-state index contributed by atoms with van der Waals surface area (Å²) in [5.74, 6) is 0.0281. The topological polar surface area (TPSA) is 59.4 Å². The summed E-state index contributed by atoms with van der Waals surface area (Å²) in [5.41, 5.74) is 4.02. The molecule has 0 atom stereocenters. The first-order chi connectivity index (χ1) is 13.8. The Bertz CT molecular complexity index is 860. The van der Waals surface area contributed by atoms with Gasteiger partial charge in [0.1, 0.15) is 0 Å². The van der Waals surface area contributed by atoms with Gasteiger partial charge in [-0.3, -0.25) is 9.69 Å². The van der Waals surface area contributed by atoms with E-state index in [2.05, 4.69) is 54.1 Å². The quantitative estimate of drug-likeness (QED) is 0.857. The molecule has 2 aromatic rings. The molecule has 1 aliphatic heterocycles. The number of nitriles is 1. The highest BCUT2D eigenvalue weighted by Crippen LogP contribution is 2.23. The van der Waals surface area contributed by atoms with Gasteiger partial charge in [-0.1, -0.05) is 32.9 Å². The SMILES string of the molecule is CC(C)(C)c1ccc(NC(=O)CN2CCCN(c3ccc(C#N)cc3)CC2)cc1. The molecule has 1 heterocycles. The Hall–Kier alpha value is -2.84. The number of rotatable bonds is 4. The summed E-state index contributed by atoms with van der Waals surface area (Å²) in [6, 6.07) is 18.0. The van der Waals surface area contributed by atoms with E-state index in [0.29, 0.717) is 12.1 Å². The maximum absolute atomic E-state index is 12.5. The third kappa shape index (κ3) is 5.82. The van der Waals surface area contributed by atoms with Crippen LogP contribution >= 0.6 is 0 Å². The number of hydrogen-bond donors (Lipinski definition) is 1. The lowest BCUT2D eigenvalue weighted by atomic mass is 9.87. The molecule has 1 aliphatic rings. The number of nitrogens with zero attached hydrogens (tertiary/aromatic N) is 3. The van der Waals surface area contributed by atoms with Crippen LogP contribution in [0.2, 0.25) is 0 Å². The summed E-state index contributed by atoms with van der Waals surface area (Å²) >= 11 is 0. The Morgan fingerprint density at radius 1 is 1.00 bits per heavy atom. The van der Waals surface area contributed by atoms with Crippen LogP contribution in [0.1, 0.15) is 38.3 Å². The van der Waals surface area contributed by atoms with Crippen LogP contribution in [-0.4, -0.2) is 43.5 Å². The van der Waals surface area contributed by atoms with Crippen molar-refractivity contribution in [2.75, 3.05) is 42.9 Å². The number of hydrogen-bond acceptors (Lipinski definition) is 4. The molecule has 0 radical (unpaired) electrons. The van der Waals surface area contributed by atoms with Crippen molar-refractivity contribution in [1.29, 1.82) is 5.26 Å². The van der Waals surface area contributed by atoms with Crippen LogP contribution < -0.4 is 10.2 Å². The summed E-state index contributed by atoms with van der Waals surface area (Å²) < 4.78 is 0. The van der Waals surface area contributed by atoms with Gasteiger partial charge in [0.25, 0.3) is 0 Å². The van der Waals surface area contributed by atoms with Crippen molar-refractivity contribution in [3.05, 3.63) is 59.7 Å². The van der Waals surface area contributed by atoms with Gasteiger partial charge in [-0.15, -0.1) is 0 Å². The van der Waals surface area contributed by atoms with Gasteiger partial charge in [-0.2, -0.15) is 5.26 Å². The molecular formula is C24H30N4O. The molecule has 1 N–H and O–H groups in total. The predicted octanol–water partition coefficient (Wildman–Crippen LogP) is 4.01. The van der Waals surface area contributed by atoms with Gasteiger partial charge in [0.05, 0.1) is 18.2 Å². The molecule has 0 saturated carbocycles. The van der Waals surface area contributed by atoms with E-state index >= 15 is 0 Å². The third-order valence-electron chi connectivity index (χ3n) is 5.35. The first-order valence-corrected chi connectivity index (χ1v) is 10.2. The molecule has 29 heavy (non-hydrogen) atoms. The Labute approximate surface area is 173 Å². The van der Waals surface area contributed by atoms with Crippen LogP contribution in [0.4, 0.5) is 11.4 Å². The standard InChI is InChI=1S/C24H30N4O/c1-24(2,3)20-7-9-21(10-8-20)26-23(29)18-27-13-4-14-28(16-15-27)22-11-5-19(17-25)6-12-22/h5-12H,4,13-16,18H2,1-3H3,(H,26,29). The number of carbonyl (C=O) groups is 1. The summed E-state index contributed by atoms with van der Waals surface area (Å²) in [6.07, 6.45) is 1.01. The van der Waals surface area contributed by atoms with Gasteiger partial charge < -0.3 is 10.2 Å². The molecule has 3 rings (SSSR count). The van der Waals surface area contributed by atoms with E-state index in [4.69, 9.17) is 5.26 Å². The van der Waals surface area contributed by atoms with E-state index in [1.54, 1.807) is 0 Å². The van der Waals surface area contributed by atoms with Gasteiger partial charge in [0.2, 0.25) is 5.91 Å². The molecular weight excluding hydrogens is 360 g/mol. The highest BCUT2D eigenvalue weighted by Gasteiger charge is 2.18. The summed E-state index contributed by atoms with van der Waals surface area (Å²) in [4.78, 5) is 17.0. The van der Waals surface area contributed by atoms with Gasteiger partial charge in [0.15, 0.2) is 0 Å². The second-order valence-electron chi connectivity index (χ2n) is 8.65. The first kappa shape index (κ1) is 20.9. The minimum atomic E-state index is 0.0281. The fourth-order valence-corrected chi connectivity index (χ4v) is 3.59. The summed E-state index contributed by atoms with van der Waals surface area (Å²) in [5, 5.41) is 12.0. The lowest BCUT2D eigenvalue weighted by molar-refractivity contribution is -0.117. The second-order valence-corrected chi connectivity index (χ2v) is 8.65. The van der Waals surface area contributed by atoms with Crippen molar-refractivity contribution in [3.8, 4) is 6.07 Å². The minimum absolute atomic E-state index is 0.0281. The van der Waals surface area contributed by atoms with Crippen LogP contribution in [-0.2, 0) is 10.2 Å². The van der Waals surface area contributed by atoms with Crippen molar-refractivity contribution >= 4 is 17.3 Å². The van der Waals surface area contributed by atoms with Crippen molar-refractivity contribution in [2.24, 2.45) is 0 Å². The Morgan fingerprint density at radius 3 is 2.31 bits per heavy atom. The third-order valence-corrected chi connectivity index (χ3v) is 5.35. The molecule has 0 aromatic heterocycles.